The molecule has 1 aromatic heterocycles. The summed E-state index contributed by atoms with van der Waals surface area (Å²) in [5, 5.41) is 17.3. The molecule has 0 bridgehead atoms. The van der Waals surface area contributed by atoms with Gasteiger partial charge in [-0.15, -0.1) is 0 Å². The van der Waals surface area contributed by atoms with Crippen molar-refractivity contribution in [2.45, 2.75) is 64.9 Å². The first-order chi connectivity index (χ1) is 15.5. The van der Waals surface area contributed by atoms with E-state index in [9.17, 15) is 9.90 Å². The van der Waals surface area contributed by atoms with Crippen LogP contribution in [-0.4, -0.2) is 27.3 Å². The standard InChI is InChI=1S/C12H16N2O.C9H13NO.C6H6/c1-2-12-6-8-7-13-14-10(8)5-9(12)3-4-11(12)15;1-2-7-5-3-4-6-8(7)9(10)11;1-2-4-6-5-3-1/h5,7,11,15H,2-4,6H2,1H3,(H,13,14);3,5H,2,4,6H2,1H3,(H2,10,11);1-6H. The van der Waals surface area contributed by atoms with Gasteiger partial charge in [0.15, 0.2) is 0 Å². The quantitative estimate of drug-likeness (QED) is 0.628. The molecule has 5 heteroatoms. The first-order valence-corrected chi connectivity index (χ1v) is 11.6. The Kier molecular flexibility index (Phi) is 8.23. The number of rotatable bonds is 3. The number of nitrogens with one attached hydrogen (secondary N) is 1. The van der Waals surface area contributed by atoms with E-state index in [1.165, 1.54) is 11.1 Å². The van der Waals surface area contributed by atoms with Crippen molar-refractivity contribution in [3.63, 3.8) is 0 Å². The number of hydrogen-bond acceptors (Lipinski definition) is 3. The average Bonchev–Trinajstić information content (AvgIpc) is 3.43. The second kappa shape index (κ2) is 11.1. The summed E-state index contributed by atoms with van der Waals surface area (Å²) in [6.07, 6.45) is 14.6. The molecule has 0 saturated heterocycles. The van der Waals surface area contributed by atoms with Crippen LogP contribution in [0.2, 0.25) is 0 Å². The maximum atomic E-state index is 10.9. The molecule has 1 fully saturated rings. The molecule has 1 amide bonds. The van der Waals surface area contributed by atoms with Gasteiger partial charge < -0.3 is 10.8 Å². The second-order valence-corrected chi connectivity index (χ2v) is 8.54. The number of nitrogens with zero attached hydrogens (tertiary/aromatic N) is 1. The first-order valence-electron chi connectivity index (χ1n) is 11.6. The van der Waals surface area contributed by atoms with Crippen LogP contribution >= 0.6 is 0 Å². The number of benzene rings is 1. The Morgan fingerprint density at radius 1 is 1.19 bits per heavy atom. The van der Waals surface area contributed by atoms with Crippen LogP contribution in [0.15, 0.2) is 71.5 Å². The van der Waals surface area contributed by atoms with Crippen LogP contribution in [0.25, 0.3) is 6.08 Å². The van der Waals surface area contributed by atoms with E-state index in [1.54, 1.807) is 0 Å². The van der Waals surface area contributed by atoms with Crippen LogP contribution in [0.4, 0.5) is 0 Å². The number of fused-ring (bicyclic) bond motifs is 2. The van der Waals surface area contributed by atoms with Gasteiger partial charge in [-0.2, -0.15) is 5.10 Å². The van der Waals surface area contributed by atoms with Crippen LogP contribution in [0.1, 0.15) is 63.6 Å². The number of aromatic amines is 1. The van der Waals surface area contributed by atoms with E-state index in [-0.39, 0.29) is 17.4 Å². The number of aliphatic hydroxyl groups is 1. The van der Waals surface area contributed by atoms with Crippen LogP contribution < -0.4 is 5.73 Å². The molecule has 0 spiro atoms. The number of aliphatic hydroxyl groups excluding tert-OH is 1. The number of primary amides is 1. The summed E-state index contributed by atoms with van der Waals surface area (Å²) in [7, 11) is 0. The van der Waals surface area contributed by atoms with Crippen molar-refractivity contribution in [2.75, 3.05) is 0 Å². The van der Waals surface area contributed by atoms with E-state index in [0.29, 0.717) is 0 Å². The fourth-order valence-electron chi connectivity index (χ4n) is 4.88. The van der Waals surface area contributed by atoms with Crippen LogP contribution in [0, 0.1) is 5.41 Å². The molecule has 5 rings (SSSR count). The monoisotopic (exact) mass is 433 g/mol. The number of carbonyl (C=O) groups is 1. The minimum absolute atomic E-state index is 0.0108. The van der Waals surface area contributed by atoms with Crippen molar-refractivity contribution >= 4 is 12.0 Å². The lowest BCUT2D eigenvalue weighted by Crippen LogP contribution is -2.34. The van der Waals surface area contributed by atoms with Crippen molar-refractivity contribution in [3.05, 3.63) is 82.7 Å². The number of H-pyrrole nitrogens is 1. The molecule has 0 radical (unpaired) electrons. The lowest BCUT2D eigenvalue weighted by molar-refractivity contribution is -0.114. The number of allylic oxidation sites excluding steroid dienone is 3. The predicted molar refractivity (Wildman–Crippen MR) is 130 cm³/mol. The van der Waals surface area contributed by atoms with Gasteiger partial charge in [-0.25, -0.2) is 0 Å². The van der Waals surface area contributed by atoms with Gasteiger partial charge in [0, 0.05) is 11.0 Å². The molecule has 2 atom stereocenters. The highest BCUT2D eigenvalue weighted by Gasteiger charge is 2.46. The van der Waals surface area contributed by atoms with Crippen LogP contribution in [-0.2, 0) is 11.2 Å². The SMILES string of the molecule is CCC12Cc3cn[nH]c3C=C1CCC2O.CCC1=C(C(N)=O)CCC=C1.c1ccccc1. The second-order valence-electron chi connectivity index (χ2n) is 8.54. The molecule has 1 saturated carbocycles. The van der Waals surface area contributed by atoms with Crippen molar-refractivity contribution < 1.29 is 9.90 Å². The Morgan fingerprint density at radius 3 is 2.44 bits per heavy atom. The molecule has 5 nitrogen and oxygen atoms in total. The third kappa shape index (κ3) is 5.28. The topological polar surface area (TPSA) is 92.0 Å². The summed E-state index contributed by atoms with van der Waals surface area (Å²) in [6, 6.07) is 12.0. The molecule has 1 heterocycles. The molecule has 4 N–H and O–H groups in total. The number of hydrogen-bond donors (Lipinski definition) is 3. The van der Waals surface area contributed by atoms with Gasteiger partial charge >= 0.3 is 0 Å². The van der Waals surface area contributed by atoms with E-state index in [4.69, 9.17) is 5.73 Å². The molecule has 32 heavy (non-hydrogen) atoms. The van der Waals surface area contributed by atoms with Crippen molar-refractivity contribution in [3.8, 4) is 0 Å². The zero-order chi connectivity index (χ0) is 23.0. The Morgan fingerprint density at radius 2 is 1.88 bits per heavy atom. The van der Waals surface area contributed by atoms with Gasteiger partial charge in [-0.3, -0.25) is 9.89 Å². The van der Waals surface area contributed by atoms with Crippen LogP contribution in [0.5, 0.6) is 0 Å². The zero-order valence-corrected chi connectivity index (χ0v) is 19.2. The largest absolute Gasteiger partial charge is 0.392 e. The van der Waals surface area contributed by atoms with Gasteiger partial charge in [0.2, 0.25) is 5.91 Å². The zero-order valence-electron chi connectivity index (χ0n) is 19.2. The summed E-state index contributed by atoms with van der Waals surface area (Å²) in [4.78, 5) is 10.9. The highest BCUT2D eigenvalue weighted by Crippen LogP contribution is 2.51. The fraction of sp³-hybridized carbons (Fsp3) is 0.407. The molecule has 1 aromatic carbocycles. The molecular weight excluding hydrogens is 398 g/mol. The molecule has 0 aliphatic heterocycles. The summed E-state index contributed by atoms with van der Waals surface area (Å²) >= 11 is 0. The van der Waals surface area contributed by atoms with Crippen LogP contribution in [0.3, 0.4) is 0 Å². The number of nitrogens with two attached hydrogens (primary N) is 1. The fourth-order valence-corrected chi connectivity index (χ4v) is 4.88. The van der Waals surface area contributed by atoms with E-state index in [2.05, 4.69) is 29.3 Å². The average molecular weight is 434 g/mol. The number of aromatic nitrogens is 2. The van der Waals surface area contributed by atoms with E-state index >= 15 is 0 Å². The summed E-state index contributed by atoms with van der Waals surface area (Å²) < 4.78 is 0. The predicted octanol–water partition coefficient (Wildman–Crippen LogP) is 5.12. The maximum Gasteiger partial charge on any atom is 0.244 e. The van der Waals surface area contributed by atoms with E-state index in [0.717, 1.165) is 61.8 Å². The molecule has 170 valence electrons. The Balaban J connectivity index is 0.000000149. The van der Waals surface area contributed by atoms with Crippen molar-refractivity contribution in [1.29, 1.82) is 0 Å². The van der Waals surface area contributed by atoms with Gasteiger partial charge in [0.1, 0.15) is 0 Å². The Hall–Kier alpha value is -2.92. The molecule has 3 aliphatic rings. The first kappa shape index (κ1) is 23.7. The summed E-state index contributed by atoms with van der Waals surface area (Å²) in [5.74, 6) is -0.258. The Labute approximate surface area is 191 Å². The van der Waals surface area contributed by atoms with Crippen molar-refractivity contribution in [2.24, 2.45) is 11.1 Å². The molecule has 2 unspecified atom stereocenters. The molecular formula is C27H35N3O2. The van der Waals surface area contributed by atoms with Gasteiger partial charge in [-0.1, -0.05) is 68.0 Å². The Bertz CT molecular complexity index is 961. The maximum absolute atomic E-state index is 10.9. The van der Waals surface area contributed by atoms with Crippen molar-refractivity contribution in [1.82, 2.24) is 10.2 Å². The highest BCUT2D eigenvalue weighted by atomic mass is 16.3. The smallest absolute Gasteiger partial charge is 0.244 e. The third-order valence-electron chi connectivity index (χ3n) is 6.78. The third-order valence-corrected chi connectivity index (χ3v) is 6.78. The normalized spacial score (nSPS) is 23.1. The van der Waals surface area contributed by atoms with Gasteiger partial charge in [0.05, 0.1) is 18.0 Å². The minimum Gasteiger partial charge on any atom is -0.392 e. The summed E-state index contributed by atoms with van der Waals surface area (Å²) in [6.45, 7) is 4.21. The highest BCUT2D eigenvalue weighted by molar-refractivity contribution is 5.93. The lowest BCUT2D eigenvalue weighted by Gasteiger charge is -2.35. The lowest BCUT2D eigenvalue weighted by atomic mass is 9.70. The summed E-state index contributed by atoms with van der Waals surface area (Å²) in [5.41, 5.74) is 10.9. The van der Waals surface area contributed by atoms with Gasteiger partial charge in [0.25, 0.3) is 0 Å². The molecule has 2 aromatic rings. The number of amides is 1. The van der Waals surface area contributed by atoms with Gasteiger partial charge in [-0.05, 0) is 62.2 Å². The number of carbonyl (C=O) groups excluding carboxylic acids is 1. The van der Waals surface area contributed by atoms with E-state index < -0.39 is 0 Å². The minimum atomic E-state index is -0.258. The van der Waals surface area contributed by atoms with E-state index in [1.807, 2.05) is 55.6 Å². The molecule has 3 aliphatic carbocycles.